The molecular weight excluding hydrogens is 312 g/mol. The molecule has 0 saturated heterocycles. The fraction of sp³-hybridized carbons (Fsp3) is 0.333. The molecule has 3 rings (SSSR count). The van der Waals surface area contributed by atoms with Crippen molar-refractivity contribution in [3.05, 3.63) is 59.2 Å². The highest BCUT2D eigenvalue weighted by atomic mass is 16.2. The summed E-state index contributed by atoms with van der Waals surface area (Å²) >= 11 is 0. The minimum absolute atomic E-state index is 0.213. The molecule has 2 amide bonds. The number of nitrogens with one attached hydrogen (secondary N) is 2. The first-order valence-corrected chi connectivity index (χ1v) is 8.74. The maximum absolute atomic E-state index is 12.7. The Hall–Kier alpha value is -2.62. The van der Waals surface area contributed by atoms with Crippen LogP contribution in [0.2, 0.25) is 0 Å². The largest absolute Gasteiger partial charge is 0.325 e. The molecule has 0 unspecified atom stereocenters. The first kappa shape index (κ1) is 17.2. The van der Waals surface area contributed by atoms with Crippen LogP contribution in [0.5, 0.6) is 0 Å². The number of hydrogen-bond acceptors (Lipinski definition) is 2. The van der Waals surface area contributed by atoms with E-state index < -0.39 is 5.41 Å². The molecule has 1 saturated carbocycles. The van der Waals surface area contributed by atoms with E-state index in [-0.39, 0.29) is 11.8 Å². The monoisotopic (exact) mass is 336 g/mol. The van der Waals surface area contributed by atoms with Crippen molar-refractivity contribution in [2.24, 2.45) is 5.41 Å². The van der Waals surface area contributed by atoms with Gasteiger partial charge in [-0.2, -0.15) is 0 Å². The van der Waals surface area contributed by atoms with Crippen molar-refractivity contribution < 1.29 is 9.59 Å². The normalized spacial score (nSPS) is 14.7. The number of carbonyl (C=O) groups excluding carboxylic acids is 2. The van der Waals surface area contributed by atoms with Gasteiger partial charge in [-0.1, -0.05) is 31.2 Å². The lowest BCUT2D eigenvalue weighted by molar-refractivity contribution is -0.131. The number of hydrogen-bond donors (Lipinski definition) is 2. The Morgan fingerprint density at radius 3 is 2.28 bits per heavy atom. The second-order valence-corrected chi connectivity index (χ2v) is 6.80. The molecule has 0 aromatic heterocycles. The van der Waals surface area contributed by atoms with Gasteiger partial charge in [0.05, 0.1) is 0 Å². The van der Waals surface area contributed by atoms with Crippen LogP contribution in [0.25, 0.3) is 0 Å². The molecule has 1 aliphatic carbocycles. The van der Waals surface area contributed by atoms with E-state index in [9.17, 15) is 9.59 Å². The fourth-order valence-corrected chi connectivity index (χ4v) is 2.94. The summed E-state index contributed by atoms with van der Waals surface area (Å²) in [5, 5.41) is 5.86. The lowest BCUT2D eigenvalue weighted by Gasteiger charge is -2.17. The molecule has 2 aromatic carbocycles. The van der Waals surface area contributed by atoms with Crippen molar-refractivity contribution in [1.82, 2.24) is 0 Å². The van der Waals surface area contributed by atoms with Crippen LogP contribution in [0.15, 0.2) is 42.5 Å². The summed E-state index contributed by atoms with van der Waals surface area (Å²) < 4.78 is 0. The molecule has 1 aliphatic rings. The lowest BCUT2D eigenvalue weighted by Crippen LogP contribution is -2.35. The Bertz CT molecular complexity index is 822. The molecule has 130 valence electrons. The molecule has 0 spiro atoms. The van der Waals surface area contributed by atoms with Crippen molar-refractivity contribution in [3.8, 4) is 0 Å². The van der Waals surface area contributed by atoms with Gasteiger partial charge in [0.25, 0.3) is 0 Å². The van der Waals surface area contributed by atoms with Gasteiger partial charge in [-0.25, -0.2) is 0 Å². The number of amides is 2. The zero-order valence-electron chi connectivity index (χ0n) is 15.0. The molecular formula is C21H24N2O2. The molecule has 0 atom stereocenters. The lowest BCUT2D eigenvalue weighted by atomic mass is 10.0. The Morgan fingerprint density at radius 1 is 0.960 bits per heavy atom. The molecule has 1 fully saturated rings. The maximum atomic E-state index is 12.7. The van der Waals surface area contributed by atoms with E-state index in [0.29, 0.717) is 12.8 Å². The van der Waals surface area contributed by atoms with Crippen molar-refractivity contribution in [2.75, 3.05) is 10.6 Å². The average Bonchev–Trinajstić information content (AvgIpc) is 3.40. The summed E-state index contributed by atoms with van der Waals surface area (Å²) in [4.78, 5) is 25.5. The van der Waals surface area contributed by atoms with Crippen LogP contribution in [0.1, 0.15) is 36.5 Å². The molecule has 0 bridgehead atoms. The topological polar surface area (TPSA) is 58.2 Å². The standard InChI is InChI=1S/C21H24N2O2/c1-4-16-7-5-6-8-18(16)23-20(25)21(11-12-21)19(24)22-17-10-9-14(2)15(3)13-17/h5-10,13H,4,11-12H2,1-3H3,(H,22,24)(H,23,25). The molecule has 4 nitrogen and oxygen atoms in total. The molecule has 0 heterocycles. The van der Waals surface area contributed by atoms with Gasteiger partial charge in [0.2, 0.25) is 11.8 Å². The van der Waals surface area contributed by atoms with Crippen LogP contribution in [0.4, 0.5) is 11.4 Å². The molecule has 25 heavy (non-hydrogen) atoms. The van der Waals surface area contributed by atoms with Crippen LogP contribution >= 0.6 is 0 Å². The van der Waals surface area contributed by atoms with E-state index in [2.05, 4.69) is 10.6 Å². The Kier molecular flexibility index (Phi) is 4.62. The summed E-state index contributed by atoms with van der Waals surface area (Å²) in [6.45, 7) is 6.08. The van der Waals surface area contributed by atoms with Gasteiger partial charge in [-0.3, -0.25) is 9.59 Å². The number of carbonyl (C=O) groups is 2. The van der Waals surface area contributed by atoms with Crippen molar-refractivity contribution in [1.29, 1.82) is 0 Å². The molecule has 4 heteroatoms. The third-order valence-electron chi connectivity index (χ3n) is 5.03. The van der Waals surface area contributed by atoms with Crippen LogP contribution in [0, 0.1) is 19.3 Å². The zero-order valence-corrected chi connectivity index (χ0v) is 15.0. The molecule has 2 aromatic rings. The summed E-state index contributed by atoms with van der Waals surface area (Å²) in [7, 11) is 0. The van der Waals surface area contributed by atoms with E-state index in [0.717, 1.165) is 28.9 Å². The summed E-state index contributed by atoms with van der Waals surface area (Å²) in [6, 6.07) is 13.5. The van der Waals surface area contributed by atoms with Gasteiger partial charge in [0.15, 0.2) is 0 Å². The van der Waals surface area contributed by atoms with E-state index in [1.54, 1.807) is 0 Å². The molecule has 0 radical (unpaired) electrons. The van der Waals surface area contributed by atoms with Gasteiger partial charge in [-0.05, 0) is 68.0 Å². The van der Waals surface area contributed by atoms with Crippen molar-refractivity contribution >= 4 is 23.2 Å². The van der Waals surface area contributed by atoms with E-state index in [1.807, 2.05) is 63.2 Å². The average molecular weight is 336 g/mol. The summed E-state index contributed by atoms with van der Waals surface area (Å²) in [6.07, 6.45) is 2.01. The number of rotatable bonds is 5. The Labute approximate surface area is 148 Å². The van der Waals surface area contributed by atoms with Crippen LogP contribution in [-0.2, 0) is 16.0 Å². The Morgan fingerprint density at radius 2 is 1.64 bits per heavy atom. The zero-order chi connectivity index (χ0) is 18.0. The second kappa shape index (κ2) is 6.71. The minimum atomic E-state index is -0.945. The Balaban J connectivity index is 1.73. The van der Waals surface area contributed by atoms with Gasteiger partial charge >= 0.3 is 0 Å². The minimum Gasteiger partial charge on any atom is -0.325 e. The maximum Gasteiger partial charge on any atom is 0.240 e. The first-order chi connectivity index (χ1) is 12.0. The van der Waals surface area contributed by atoms with Crippen molar-refractivity contribution in [3.63, 3.8) is 0 Å². The third kappa shape index (κ3) is 3.43. The first-order valence-electron chi connectivity index (χ1n) is 8.74. The fourth-order valence-electron chi connectivity index (χ4n) is 2.94. The van der Waals surface area contributed by atoms with E-state index in [1.165, 1.54) is 5.56 Å². The number of anilines is 2. The highest BCUT2D eigenvalue weighted by Gasteiger charge is 2.56. The predicted octanol–water partition coefficient (Wildman–Crippen LogP) is 4.22. The summed E-state index contributed by atoms with van der Waals surface area (Å²) in [5.41, 5.74) is 3.94. The van der Waals surface area contributed by atoms with Crippen LogP contribution in [0.3, 0.4) is 0 Å². The molecule has 0 aliphatic heterocycles. The van der Waals surface area contributed by atoms with Crippen molar-refractivity contribution in [2.45, 2.75) is 40.0 Å². The second-order valence-electron chi connectivity index (χ2n) is 6.80. The number of benzene rings is 2. The highest BCUT2D eigenvalue weighted by Crippen LogP contribution is 2.47. The predicted molar refractivity (Wildman–Crippen MR) is 101 cm³/mol. The van der Waals surface area contributed by atoms with E-state index >= 15 is 0 Å². The van der Waals surface area contributed by atoms with E-state index in [4.69, 9.17) is 0 Å². The summed E-state index contributed by atoms with van der Waals surface area (Å²) in [5.74, 6) is -0.433. The van der Waals surface area contributed by atoms with Gasteiger partial charge in [-0.15, -0.1) is 0 Å². The van der Waals surface area contributed by atoms with Crippen LogP contribution in [-0.4, -0.2) is 11.8 Å². The third-order valence-corrected chi connectivity index (χ3v) is 5.03. The van der Waals surface area contributed by atoms with Crippen LogP contribution < -0.4 is 10.6 Å². The van der Waals surface area contributed by atoms with Gasteiger partial charge in [0.1, 0.15) is 5.41 Å². The number of aryl methyl sites for hydroxylation is 3. The molecule has 2 N–H and O–H groups in total. The van der Waals surface area contributed by atoms with Gasteiger partial charge in [0, 0.05) is 11.4 Å². The van der Waals surface area contributed by atoms with Gasteiger partial charge < -0.3 is 10.6 Å². The number of para-hydroxylation sites is 1. The SMILES string of the molecule is CCc1ccccc1NC(=O)C1(C(=O)Nc2ccc(C)c(C)c2)CC1. The quantitative estimate of drug-likeness (QED) is 0.803. The smallest absolute Gasteiger partial charge is 0.240 e. The highest BCUT2D eigenvalue weighted by molar-refractivity contribution is 6.17.